The van der Waals surface area contributed by atoms with Crippen LogP contribution in [-0.4, -0.2) is 44.5 Å². The zero-order chi connectivity index (χ0) is 16.8. The predicted molar refractivity (Wildman–Crippen MR) is 83.0 cm³/mol. The standard InChI is InChI=1S/C15H18N2O5S/c1-8-10(14(20)21)5-9(22-8)6-16-13(19)11-7-23-15(2)4-3-12(18)17(11)15/h5,11H,3-4,6-7H2,1-2H3,(H,16,19)(H,20,21). The summed E-state index contributed by atoms with van der Waals surface area (Å²) in [4.78, 5) is 36.8. The number of aromatic carboxylic acids is 1. The van der Waals surface area contributed by atoms with Gasteiger partial charge in [-0.1, -0.05) is 0 Å². The molecule has 2 atom stereocenters. The van der Waals surface area contributed by atoms with Gasteiger partial charge in [-0.25, -0.2) is 4.79 Å². The lowest BCUT2D eigenvalue weighted by atomic mass is 10.2. The summed E-state index contributed by atoms with van der Waals surface area (Å²) < 4.78 is 5.34. The minimum absolute atomic E-state index is 0.0136. The quantitative estimate of drug-likeness (QED) is 0.860. The number of carbonyl (C=O) groups is 3. The molecule has 0 saturated carbocycles. The van der Waals surface area contributed by atoms with E-state index in [1.807, 2.05) is 6.92 Å². The molecule has 2 unspecified atom stereocenters. The lowest BCUT2D eigenvalue weighted by Gasteiger charge is -2.29. The summed E-state index contributed by atoms with van der Waals surface area (Å²) >= 11 is 1.63. The van der Waals surface area contributed by atoms with Gasteiger partial charge in [-0.2, -0.15) is 0 Å². The molecule has 1 aromatic rings. The van der Waals surface area contributed by atoms with Crippen LogP contribution < -0.4 is 5.32 Å². The van der Waals surface area contributed by atoms with E-state index in [1.165, 1.54) is 6.07 Å². The first-order valence-electron chi connectivity index (χ1n) is 7.38. The van der Waals surface area contributed by atoms with Crippen LogP contribution in [0.15, 0.2) is 10.5 Å². The van der Waals surface area contributed by atoms with Crippen molar-refractivity contribution in [3.8, 4) is 0 Å². The van der Waals surface area contributed by atoms with Crippen molar-refractivity contribution in [1.29, 1.82) is 0 Å². The van der Waals surface area contributed by atoms with Crippen molar-refractivity contribution >= 4 is 29.5 Å². The Labute approximate surface area is 137 Å². The van der Waals surface area contributed by atoms with Crippen molar-refractivity contribution in [2.45, 2.75) is 44.1 Å². The Hall–Kier alpha value is -1.96. The van der Waals surface area contributed by atoms with E-state index in [-0.39, 0.29) is 28.8 Å². The molecular weight excluding hydrogens is 320 g/mol. The third kappa shape index (κ3) is 2.71. The number of fused-ring (bicyclic) bond motifs is 1. The second kappa shape index (κ2) is 5.59. The highest BCUT2D eigenvalue weighted by molar-refractivity contribution is 8.01. The molecule has 3 heterocycles. The number of amides is 2. The van der Waals surface area contributed by atoms with Gasteiger partial charge in [0.1, 0.15) is 23.1 Å². The van der Waals surface area contributed by atoms with Crippen molar-refractivity contribution in [3.63, 3.8) is 0 Å². The van der Waals surface area contributed by atoms with E-state index >= 15 is 0 Å². The highest BCUT2D eigenvalue weighted by Crippen LogP contribution is 2.47. The number of hydrogen-bond donors (Lipinski definition) is 2. The van der Waals surface area contributed by atoms with E-state index in [9.17, 15) is 14.4 Å². The first-order chi connectivity index (χ1) is 10.8. The number of carboxylic acid groups (broad SMARTS) is 1. The zero-order valence-electron chi connectivity index (χ0n) is 12.9. The van der Waals surface area contributed by atoms with Gasteiger partial charge in [-0.15, -0.1) is 11.8 Å². The molecule has 2 N–H and O–H groups in total. The molecule has 23 heavy (non-hydrogen) atoms. The molecule has 7 nitrogen and oxygen atoms in total. The zero-order valence-corrected chi connectivity index (χ0v) is 13.7. The Morgan fingerprint density at radius 3 is 2.96 bits per heavy atom. The number of furan rings is 1. The topological polar surface area (TPSA) is 99.9 Å². The maximum atomic E-state index is 12.4. The van der Waals surface area contributed by atoms with Gasteiger partial charge >= 0.3 is 5.97 Å². The van der Waals surface area contributed by atoms with Gasteiger partial charge in [-0.05, 0) is 26.3 Å². The predicted octanol–water partition coefficient (Wildman–Crippen LogP) is 1.36. The third-order valence-corrected chi connectivity index (χ3v) is 5.89. The van der Waals surface area contributed by atoms with Gasteiger partial charge in [0.2, 0.25) is 11.8 Å². The molecular formula is C15H18N2O5S. The first kappa shape index (κ1) is 15.9. The van der Waals surface area contributed by atoms with Crippen LogP contribution in [-0.2, 0) is 16.1 Å². The van der Waals surface area contributed by atoms with Gasteiger partial charge in [0.15, 0.2) is 0 Å². The van der Waals surface area contributed by atoms with E-state index in [4.69, 9.17) is 9.52 Å². The fourth-order valence-corrected chi connectivity index (χ4v) is 4.58. The van der Waals surface area contributed by atoms with Crippen LogP contribution in [0, 0.1) is 6.92 Å². The maximum Gasteiger partial charge on any atom is 0.339 e. The molecule has 8 heteroatoms. The lowest BCUT2D eigenvalue weighted by Crippen LogP contribution is -2.49. The van der Waals surface area contributed by atoms with Gasteiger partial charge in [-0.3, -0.25) is 9.59 Å². The summed E-state index contributed by atoms with van der Waals surface area (Å²) in [6.07, 6.45) is 1.24. The van der Waals surface area contributed by atoms with Crippen LogP contribution >= 0.6 is 11.8 Å². The van der Waals surface area contributed by atoms with Crippen LogP contribution in [0.3, 0.4) is 0 Å². The molecule has 2 aliphatic heterocycles. The summed E-state index contributed by atoms with van der Waals surface area (Å²) in [7, 11) is 0. The maximum absolute atomic E-state index is 12.4. The molecule has 2 amide bonds. The van der Waals surface area contributed by atoms with Crippen molar-refractivity contribution in [1.82, 2.24) is 10.2 Å². The fourth-order valence-electron chi connectivity index (χ4n) is 3.15. The summed E-state index contributed by atoms with van der Waals surface area (Å²) in [5.41, 5.74) is 0.0907. The van der Waals surface area contributed by atoms with Gasteiger partial charge < -0.3 is 19.7 Å². The van der Waals surface area contributed by atoms with E-state index in [0.717, 1.165) is 6.42 Å². The number of carbonyl (C=O) groups excluding carboxylic acids is 2. The summed E-state index contributed by atoms with van der Waals surface area (Å²) in [5.74, 6) is -0.0163. The second-order valence-electron chi connectivity index (χ2n) is 5.97. The molecule has 2 saturated heterocycles. The van der Waals surface area contributed by atoms with E-state index in [0.29, 0.717) is 23.7 Å². The highest BCUT2D eigenvalue weighted by Gasteiger charge is 2.52. The minimum atomic E-state index is -1.06. The number of hydrogen-bond acceptors (Lipinski definition) is 5. The minimum Gasteiger partial charge on any atom is -0.478 e. The van der Waals surface area contributed by atoms with Crippen molar-refractivity contribution in [2.24, 2.45) is 0 Å². The van der Waals surface area contributed by atoms with Crippen LogP contribution in [0.2, 0.25) is 0 Å². The Kier molecular flexibility index (Phi) is 3.87. The summed E-state index contributed by atoms with van der Waals surface area (Å²) in [6.45, 7) is 3.66. The molecule has 1 aromatic heterocycles. The van der Waals surface area contributed by atoms with Gasteiger partial charge in [0, 0.05) is 12.2 Å². The van der Waals surface area contributed by atoms with Crippen molar-refractivity contribution in [2.75, 3.05) is 5.75 Å². The van der Waals surface area contributed by atoms with Crippen molar-refractivity contribution in [3.05, 3.63) is 23.2 Å². The number of nitrogens with one attached hydrogen (secondary N) is 1. The number of rotatable bonds is 4. The molecule has 0 aliphatic carbocycles. The second-order valence-corrected chi connectivity index (χ2v) is 7.47. The van der Waals surface area contributed by atoms with Crippen LogP contribution in [0.25, 0.3) is 0 Å². The van der Waals surface area contributed by atoms with Crippen LogP contribution in [0.1, 0.15) is 41.6 Å². The monoisotopic (exact) mass is 338 g/mol. The van der Waals surface area contributed by atoms with Crippen molar-refractivity contribution < 1.29 is 23.9 Å². The Morgan fingerprint density at radius 1 is 1.57 bits per heavy atom. The third-order valence-electron chi connectivity index (χ3n) is 4.38. The molecule has 0 radical (unpaired) electrons. The fraction of sp³-hybridized carbons (Fsp3) is 0.533. The van der Waals surface area contributed by atoms with E-state index in [1.54, 1.807) is 23.6 Å². The highest BCUT2D eigenvalue weighted by atomic mass is 32.2. The Morgan fingerprint density at radius 2 is 2.30 bits per heavy atom. The molecule has 2 fully saturated rings. The summed E-state index contributed by atoms with van der Waals surface area (Å²) in [6, 6.07) is 0.932. The number of aryl methyl sites for hydroxylation is 1. The van der Waals surface area contributed by atoms with E-state index < -0.39 is 12.0 Å². The molecule has 2 aliphatic rings. The molecule has 3 rings (SSSR count). The lowest BCUT2D eigenvalue weighted by molar-refractivity contribution is -0.138. The normalized spacial score (nSPS) is 26.4. The number of nitrogens with zero attached hydrogens (tertiary/aromatic N) is 1. The average Bonchev–Trinajstić information content (AvgIpc) is 3.11. The van der Waals surface area contributed by atoms with Gasteiger partial charge in [0.25, 0.3) is 0 Å². The van der Waals surface area contributed by atoms with E-state index in [2.05, 4.69) is 5.32 Å². The number of carboxylic acids is 1. The Balaban J connectivity index is 1.65. The smallest absolute Gasteiger partial charge is 0.339 e. The molecule has 0 spiro atoms. The van der Waals surface area contributed by atoms with Crippen LogP contribution in [0.4, 0.5) is 0 Å². The van der Waals surface area contributed by atoms with Crippen LogP contribution in [0.5, 0.6) is 0 Å². The molecule has 0 bridgehead atoms. The Bertz CT molecular complexity index is 685. The van der Waals surface area contributed by atoms with Gasteiger partial charge in [0.05, 0.1) is 11.4 Å². The first-order valence-corrected chi connectivity index (χ1v) is 8.37. The molecule has 124 valence electrons. The SMILES string of the molecule is Cc1oc(CNC(=O)C2CSC3(C)CCC(=O)N23)cc1C(=O)O. The largest absolute Gasteiger partial charge is 0.478 e. The summed E-state index contributed by atoms with van der Waals surface area (Å²) in [5, 5.41) is 11.7. The molecule has 0 aromatic carbocycles. The average molecular weight is 338 g/mol. The number of thioether (sulfide) groups is 1.